The molecule has 0 aliphatic rings. The van der Waals surface area contributed by atoms with Crippen molar-refractivity contribution < 1.29 is 9.63 Å². The zero-order chi connectivity index (χ0) is 11.4. The summed E-state index contributed by atoms with van der Waals surface area (Å²) in [6.07, 6.45) is 1.79. The third kappa shape index (κ3) is 2.54. The summed E-state index contributed by atoms with van der Waals surface area (Å²) in [6.45, 7) is 0. The van der Waals surface area contributed by atoms with Crippen LogP contribution in [0.4, 0.5) is 5.82 Å². The number of carbonyl (C=O) groups is 1. The van der Waals surface area contributed by atoms with Crippen molar-refractivity contribution in [3.63, 3.8) is 0 Å². The molecule has 7 nitrogen and oxygen atoms in total. The number of rotatable bonds is 3. The number of hydrogen-bond acceptors (Lipinski definition) is 7. The Balaban J connectivity index is 3.00. The first-order valence-electron chi connectivity index (χ1n) is 3.96. The summed E-state index contributed by atoms with van der Waals surface area (Å²) in [5, 5.41) is 8.82. The molecule has 1 aromatic rings. The Labute approximate surface area is 91.0 Å². The van der Waals surface area contributed by atoms with E-state index >= 15 is 0 Å². The molecule has 0 aromatic carbocycles. The van der Waals surface area contributed by atoms with Crippen LogP contribution in [0.15, 0.2) is 5.16 Å². The van der Waals surface area contributed by atoms with Crippen LogP contribution in [0.1, 0.15) is 10.5 Å². The van der Waals surface area contributed by atoms with E-state index in [0.29, 0.717) is 5.16 Å². The minimum atomic E-state index is -0.484. The van der Waals surface area contributed by atoms with E-state index in [1.165, 1.54) is 25.9 Å². The molecular weight excluding hydrogens is 218 g/mol. The van der Waals surface area contributed by atoms with Crippen LogP contribution < -0.4 is 5.73 Å². The minimum Gasteiger partial charge on any atom is -0.382 e. The summed E-state index contributed by atoms with van der Waals surface area (Å²) in [5.41, 5.74) is 5.54. The molecule has 0 aliphatic carbocycles. The van der Waals surface area contributed by atoms with Gasteiger partial charge in [0, 0.05) is 7.05 Å². The second kappa shape index (κ2) is 4.89. The van der Waals surface area contributed by atoms with E-state index in [-0.39, 0.29) is 11.5 Å². The number of hydrogen-bond donors (Lipinski definition) is 1. The highest BCUT2D eigenvalue weighted by Gasteiger charge is 2.18. The van der Waals surface area contributed by atoms with E-state index in [1.807, 2.05) is 0 Å². The van der Waals surface area contributed by atoms with Gasteiger partial charge in [-0.15, -0.1) is 10.2 Å². The lowest BCUT2D eigenvalue weighted by atomic mass is 10.4. The molecule has 0 saturated heterocycles. The van der Waals surface area contributed by atoms with E-state index in [0.717, 1.165) is 5.06 Å². The van der Waals surface area contributed by atoms with Gasteiger partial charge in [0.25, 0.3) is 0 Å². The molecule has 0 fully saturated rings. The molecule has 82 valence electrons. The Morgan fingerprint density at radius 2 is 2.20 bits per heavy atom. The molecule has 0 bridgehead atoms. The van der Waals surface area contributed by atoms with Crippen molar-refractivity contribution in [1.82, 2.24) is 20.2 Å². The van der Waals surface area contributed by atoms with Crippen LogP contribution in [0.25, 0.3) is 0 Å². The Hall–Kier alpha value is -1.41. The third-order valence-corrected chi connectivity index (χ3v) is 2.18. The van der Waals surface area contributed by atoms with Gasteiger partial charge in [0.1, 0.15) is 0 Å². The number of thioether (sulfide) groups is 1. The fourth-order valence-corrected chi connectivity index (χ4v) is 1.11. The van der Waals surface area contributed by atoms with Crippen LogP contribution in [0.2, 0.25) is 0 Å². The lowest BCUT2D eigenvalue weighted by Gasteiger charge is -2.13. The molecular formula is C7H11N5O2S. The summed E-state index contributed by atoms with van der Waals surface area (Å²) in [7, 11) is 2.82. The average molecular weight is 229 g/mol. The zero-order valence-corrected chi connectivity index (χ0v) is 9.41. The number of nitrogens with zero attached hydrogens (tertiary/aromatic N) is 4. The van der Waals surface area contributed by atoms with Gasteiger partial charge in [-0.2, -0.15) is 0 Å². The Morgan fingerprint density at radius 3 is 2.67 bits per heavy atom. The van der Waals surface area contributed by atoms with Crippen molar-refractivity contribution in [2.24, 2.45) is 0 Å². The summed E-state index contributed by atoms with van der Waals surface area (Å²) in [5.74, 6) is -0.439. The number of nitrogens with two attached hydrogens (primary N) is 1. The van der Waals surface area contributed by atoms with Gasteiger partial charge in [-0.1, -0.05) is 11.8 Å². The predicted octanol–water partition coefficient (Wildman–Crippen LogP) is -0.191. The lowest BCUT2D eigenvalue weighted by molar-refractivity contribution is -0.0760. The molecule has 0 saturated carbocycles. The number of aromatic nitrogens is 3. The molecule has 0 spiro atoms. The molecule has 1 aromatic heterocycles. The van der Waals surface area contributed by atoms with E-state index in [2.05, 4.69) is 15.2 Å². The van der Waals surface area contributed by atoms with E-state index in [1.54, 1.807) is 6.26 Å². The number of anilines is 1. The highest BCUT2D eigenvalue weighted by atomic mass is 32.2. The van der Waals surface area contributed by atoms with Gasteiger partial charge in [-0.05, 0) is 6.26 Å². The average Bonchev–Trinajstić information content (AvgIpc) is 2.26. The van der Waals surface area contributed by atoms with Crippen LogP contribution in [-0.4, -0.2) is 46.6 Å². The minimum absolute atomic E-state index is 0.0165. The SMILES string of the molecule is CON(C)C(=O)c1nnc(SC)nc1N. The molecule has 1 rings (SSSR count). The van der Waals surface area contributed by atoms with Gasteiger partial charge in [-0.3, -0.25) is 9.63 Å². The molecule has 0 aliphatic heterocycles. The van der Waals surface area contributed by atoms with Crippen LogP contribution >= 0.6 is 11.8 Å². The summed E-state index contributed by atoms with van der Waals surface area (Å²) < 4.78 is 0. The highest BCUT2D eigenvalue weighted by molar-refractivity contribution is 7.98. The summed E-state index contributed by atoms with van der Waals surface area (Å²) in [6, 6.07) is 0. The lowest BCUT2D eigenvalue weighted by Crippen LogP contribution is -2.28. The van der Waals surface area contributed by atoms with Crippen molar-refractivity contribution in [2.45, 2.75) is 5.16 Å². The molecule has 0 atom stereocenters. The van der Waals surface area contributed by atoms with E-state index in [4.69, 9.17) is 10.6 Å². The monoisotopic (exact) mass is 229 g/mol. The van der Waals surface area contributed by atoms with Crippen molar-refractivity contribution in [2.75, 3.05) is 26.1 Å². The Kier molecular flexibility index (Phi) is 3.81. The van der Waals surface area contributed by atoms with Gasteiger partial charge in [0.05, 0.1) is 7.11 Å². The summed E-state index contributed by atoms with van der Waals surface area (Å²) in [4.78, 5) is 20.2. The van der Waals surface area contributed by atoms with Crippen molar-refractivity contribution >= 4 is 23.5 Å². The summed E-state index contributed by atoms with van der Waals surface area (Å²) >= 11 is 1.30. The second-order valence-electron chi connectivity index (χ2n) is 2.52. The number of nitrogen functional groups attached to an aromatic ring is 1. The second-order valence-corrected chi connectivity index (χ2v) is 3.29. The zero-order valence-electron chi connectivity index (χ0n) is 8.59. The first-order valence-corrected chi connectivity index (χ1v) is 5.19. The molecule has 8 heteroatoms. The Bertz CT molecular complexity index is 372. The van der Waals surface area contributed by atoms with Gasteiger partial charge < -0.3 is 5.73 Å². The molecule has 0 radical (unpaired) electrons. The number of amides is 1. The molecule has 15 heavy (non-hydrogen) atoms. The maximum absolute atomic E-state index is 11.6. The van der Waals surface area contributed by atoms with Crippen LogP contribution in [0.5, 0.6) is 0 Å². The van der Waals surface area contributed by atoms with E-state index < -0.39 is 5.91 Å². The number of carbonyl (C=O) groups excluding carboxylic acids is 1. The molecule has 2 N–H and O–H groups in total. The largest absolute Gasteiger partial charge is 0.382 e. The van der Waals surface area contributed by atoms with Crippen LogP contribution in [0, 0.1) is 0 Å². The third-order valence-electron chi connectivity index (χ3n) is 1.64. The highest BCUT2D eigenvalue weighted by Crippen LogP contribution is 2.12. The predicted molar refractivity (Wildman–Crippen MR) is 55.1 cm³/mol. The maximum atomic E-state index is 11.6. The smallest absolute Gasteiger partial charge is 0.301 e. The first kappa shape index (κ1) is 11.7. The molecule has 1 amide bonds. The van der Waals surface area contributed by atoms with Crippen molar-refractivity contribution in [1.29, 1.82) is 0 Å². The normalized spacial score (nSPS) is 10.1. The van der Waals surface area contributed by atoms with Crippen LogP contribution in [0.3, 0.4) is 0 Å². The Morgan fingerprint density at radius 1 is 1.53 bits per heavy atom. The maximum Gasteiger partial charge on any atom is 0.301 e. The quantitative estimate of drug-likeness (QED) is 0.567. The fraction of sp³-hybridized carbons (Fsp3) is 0.429. The van der Waals surface area contributed by atoms with Gasteiger partial charge in [0.2, 0.25) is 5.16 Å². The van der Waals surface area contributed by atoms with Crippen molar-refractivity contribution in [3.05, 3.63) is 5.69 Å². The van der Waals surface area contributed by atoms with Gasteiger partial charge >= 0.3 is 5.91 Å². The number of hydroxylamine groups is 2. The fourth-order valence-electron chi connectivity index (χ4n) is 0.793. The standard InChI is InChI=1S/C7H11N5O2S/c1-12(14-2)6(13)4-5(8)9-7(15-3)11-10-4/h1-3H3,(H2,8,9,11). The van der Waals surface area contributed by atoms with Crippen molar-refractivity contribution in [3.8, 4) is 0 Å². The van der Waals surface area contributed by atoms with Gasteiger partial charge in [0.15, 0.2) is 11.5 Å². The van der Waals surface area contributed by atoms with Crippen LogP contribution in [-0.2, 0) is 4.84 Å². The topological polar surface area (TPSA) is 94.2 Å². The first-order chi connectivity index (χ1) is 7.10. The molecule has 0 unspecified atom stereocenters. The van der Waals surface area contributed by atoms with E-state index in [9.17, 15) is 4.79 Å². The molecule has 1 heterocycles. The van der Waals surface area contributed by atoms with Gasteiger partial charge in [-0.25, -0.2) is 10.0 Å².